The molecule has 0 radical (unpaired) electrons. The van der Waals surface area contributed by atoms with Gasteiger partial charge in [-0.2, -0.15) is 0 Å². The Balaban J connectivity index is 2.29. The van der Waals surface area contributed by atoms with Crippen molar-refractivity contribution in [3.8, 4) is 0 Å². The molecule has 1 spiro atoms. The van der Waals surface area contributed by atoms with Gasteiger partial charge < -0.3 is 5.11 Å². The molecule has 1 saturated carbocycles. The summed E-state index contributed by atoms with van der Waals surface area (Å²) < 4.78 is 0. The zero-order valence-electron chi connectivity index (χ0n) is 11.2. The summed E-state index contributed by atoms with van der Waals surface area (Å²) in [5.74, 6) is 1.26. The molecular weight excluding hydrogens is 196 g/mol. The van der Waals surface area contributed by atoms with Gasteiger partial charge in [-0.25, -0.2) is 0 Å². The standard InChI is InChI=1S/C15H26O/c1-11-7-9-15(10-8-11)12(2)5-6-13(15)14(3,4)16/h7,12-13,16H,5-6,8-10H2,1-4H3/t12-,13?,15+/m1/s1. The van der Waals surface area contributed by atoms with Gasteiger partial charge in [0.05, 0.1) is 5.60 Å². The van der Waals surface area contributed by atoms with Crippen LogP contribution in [0.2, 0.25) is 0 Å². The molecule has 0 saturated heterocycles. The zero-order valence-corrected chi connectivity index (χ0v) is 11.2. The molecule has 1 N–H and O–H groups in total. The van der Waals surface area contributed by atoms with Crippen molar-refractivity contribution in [2.24, 2.45) is 17.3 Å². The Morgan fingerprint density at radius 1 is 1.38 bits per heavy atom. The third-order valence-corrected chi connectivity index (χ3v) is 5.23. The lowest BCUT2D eigenvalue weighted by Crippen LogP contribution is -2.43. The smallest absolute Gasteiger partial charge is 0.0625 e. The molecule has 2 aliphatic rings. The van der Waals surface area contributed by atoms with Gasteiger partial charge in [-0.15, -0.1) is 0 Å². The Hall–Kier alpha value is -0.300. The van der Waals surface area contributed by atoms with Gasteiger partial charge in [-0.05, 0) is 70.1 Å². The minimum absolute atomic E-state index is 0.387. The molecule has 2 aliphatic carbocycles. The van der Waals surface area contributed by atoms with E-state index in [0.717, 1.165) is 5.92 Å². The minimum atomic E-state index is -0.510. The molecule has 1 nitrogen and oxygen atoms in total. The molecule has 92 valence electrons. The van der Waals surface area contributed by atoms with Crippen LogP contribution in [-0.2, 0) is 0 Å². The average Bonchev–Trinajstić information content (AvgIpc) is 2.49. The predicted molar refractivity (Wildman–Crippen MR) is 68.2 cm³/mol. The van der Waals surface area contributed by atoms with Crippen molar-refractivity contribution in [2.75, 3.05) is 0 Å². The van der Waals surface area contributed by atoms with Crippen molar-refractivity contribution in [3.05, 3.63) is 11.6 Å². The third kappa shape index (κ3) is 1.84. The van der Waals surface area contributed by atoms with E-state index in [1.807, 2.05) is 13.8 Å². The van der Waals surface area contributed by atoms with Crippen molar-refractivity contribution in [1.82, 2.24) is 0 Å². The van der Waals surface area contributed by atoms with Gasteiger partial charge in [0.2, 0.25) is 0 Å². The van der Waals surface area contributed by atoms with Crippen LogP contribution >= 0.6 is 0 Å². The van der Waals surface area contributed by atoms with Crippen LogP contribution in [-0.4, -0.2) is 10.7 Å². The predicted octanol–water partition coefficient (Wildman–Crippen LogP) is 3.92. The molecule has 3 atom stereocenters. The lowest BCUT2D eigenvalue weighted by Gasteiger charge is -2.46. The van der Waals surface area contributed by atoms with Crippen LogP contribution in [0.15, 0.2) is 11.6 Å². The second-order valence-corrected chi connectivity index (χ2v) is 6.67. The minimum Gasteiger partial charge on any atom is -0.390 e. The van der Waals surface area contributed by atoms with Crippen molar-refractivity contribution >= 4 is 0 Å². The molecule has 0 aliphatic heterocycles. The van der Waals surface area contributed by atoms with E-state index in [2.05, 4.69) is 19.9 Å². The van der Waals surface area contributed by atoms with Gasteiger partial charge in [-0.1, -0.05) is 18.6 Å². The zero-order chi connectivity index (χ0) is 12.0. The fourth-order valence-corrected chi connectivity index (χ4v) is 4.15. The van der Waals surface area contributed by atoms with Crippen LogP contribution in [0.4, 0.5) is 0 Å². The summed E-state index contributed by atoms with van der Waals surface area (Å²) in [6.07, 6.45) is 8.62. The largest absolute Gasteiger partial charge is 0.390 e. The summed E-state index contributed by atoms with van der Waals surface area (Å²) in [5.41, 5.74) is 1.42. The molecule has 0 aromatic rings. The van der Waals surface area contributed by atoms with Crippen LogP contribution in [0.3, 0.4) is 0 Å². The van der Waals surface area contributed by atoms with Crippen LogP contribution in [0.25, 0.3) is 0 Å². The maximum Gasteiger partial charge on any atom is 0.0625 e. The third-order valence-electron chi connectivity index (χ3n) is 5.23. The average molecular weight is 222 g/mol. The fraction of sp³-hybridized carbons (Fsp3) is 0.867. The highest BCUT2D eigenvalue weighted by Gasteiger charge is 2.52. The van der Waals surface area contributed by atoms with E-state index < -0.39 is 5.60 Å². The van der Waals surface area contributed by atoms with Gasteiger partial charge >= 0.3 is 0 Å². The molecule has 0 aromatic heterocycles. The first-order chi connectivity index (χ1) is 7.36. The molecule has 1 heteroatoms. The van der Waals surface area contributed by atoms with Gasteiger partial charge in [0.1, 0.15) is 0 Å². The van der Waals surface area contributed by atoms with Crippen molar-refractivity contribution in [1.29, 1.82) is 0 Å². The highest BCUT2D eigenvalue weighted by atomic mass is 16.3. The Kier molecular flexibility index (Phi) is 2.94. The van der Waals surface area contributed by atoms with Gasteiger partial charge in [0.25, 0.3) is 0 Å². The molecule has 0 bridgehead atoms. The molecule has 1 fully saturated rings. The second-order valence-electron chi connectivity index (χ2n) is 6.67. The van der Waals surface area contributed by atoms with E-state index in [1.165, 1.54) is 32.1 Å². The molecule has 2 rings (SSSR count). The number of hydrogen-bond donors (Lipinski definition) is 1. The highest BCUT2D eigenvalue weighted by molar-refractivity contribution is 5.13. The van der Waals surface area contributed by atoms with Crippen LogP contribution in [0.5, 0.6) is 0 Å². The summed E-state index contributed by atoms with van der Waals surface area (Å²) >= 11 is 0. The molecule has 0 amide bonds. The van der Waals surface area contributed by atoms with E-state index >= 15 is 0 Å². The van der Waals surface area contributed by atoms with Crippen LogP contribution in [0.1, 0.15) is 59.8 Å². The van der Waals surface area contributed by atoms with E-state index in [4.69, 9.17) is 0 Å². The van der Waals surface area contributed by atoms with E-state index in [1.54, 1.807) is 5.57 Å². The lowest BCUT2D eigenvalue weighted by atomic mass is 9.60. The first-order valence-corrected chi connectivity index (χ1v) is 6.74. The molecule has 16 heavy (non-hydrogen) atoms. The first kappa shape index (κ1) is 12.2. The number of hydrogen-bond acceptors (Lipinski definition) is 1. The molecular formula is C15H26O. The molecule has 1 unspecified atom stereocenters. The van der Waals surface area contributed by atoms with Crippen molar-refractivity contribution < 1.29 is 5.11 Å². The van der Waals surface area contributed by atoms with Gasteiger partial charge in [0, 0.05) is 0 Å². The van der Waals surface area contributed by atoms with E-state index in [9.17, 15) is 5.11 Å². The van der Waals surface area contributed by atoms with Crippen LogP contribution in [0, 0.1) is 17.3 Å². The topological polar surface area (TPSA) is 20.2 Å². The maximum atomic E-state index is 10.4. The fourth-order valence-electron chi connectivity index (χ4n) is 4.15. The normalized spacial score (nSPS) is 40.2. The molecule has 0 heterocycles. The summed E-state index contributed by atoms with van der Waals surface area (Å²) in [6.45, 7) is 8.64. The summed E-state index contributed by atoms with van der Waals surface area (Å²) in [7, 11) is 0. The van der Waals surface area contributed by atoms with Gasteiger partial charge in [-0.3, -0.25) is 0 Å². The van der Waals surface area contributed by atoms with E-state index in [0.29, 0.717) is 11.3 Å². The van der Waals surface area contributed by atoms with Crippen molar-refractivity contribution in [3.63, 3.8) is 0 Å². The maximum absolute atomic E-state index is 10.4. The quantitative estimate of drug-likeness (QED) is 0.667. The Morgan fingerprint density at radius 2 is 2.06 bits per heavy atom. The summed E-state index contributed by atoms with van der Waals surface area (Å²) in [4.78, 5) is 0. The number of aliphatic hydroxyl groups is 1. The SMILES string of the molecule is CC1=CC[C@@]2(CC1)C(C(C)(C)O)CC[C@H]2C. The first-order valence-electron chi connectivity index (χ1n) is 6.74. The Morgan fingerprint density at radius 3 is 2.56 bits per heavy atom. The van der Waals surface area contributed by atoms with Crippen molar-refractivity contribution in [2.45, 2.75) is 65.4 Å². The monoisotopic (exact) mass is 222 g/mol. The number of rotatable bonds is 1. The van der Waals surface area contributed by atoms with Gasteiger partial charge in [0.15, 0.2) is 0 Å². The van der Waals surface area contributed by atoms with E-state index in [-0.39, 0.29) is 0 Å². The summed E-state index contributed by atoms with van der Waals surface area (Å²) in [5, 5.41) is 10.4. The second kappa shape index (κ2) is 3.87. The van der Waals surface area contributed by atoms with Crippen LogP contribution < -0.4 is 0 Å². The number of allylic oxidation sites excluding steroid dienone is 2. The Bertz CT molecular complexity index is 297. The highest BCUT2D eigenvalue weighted by Crippen LogP contribution is 2.58. The lowest BCUT2D eigenvalue weighted by molar-refractivity contribution is -0.0507. The Labute approximate surface area is 99.9 Å². The summed E-state index contributed by atoms with van der Waals surface area (Å²) in [6, 6.07) is 0. The molecule has 0 aromatic carbocycles.